The fourth-order valence-electron chi connectivity index (χ4n) is 2.30. The highest BCUT2D eigenvalue weighted by Gasteiger charge is 2.07. The summed E-state index contributed by atoms with van der Waals surface area (Å²) in [6.07, 6.45) is 1.97. The highest BCUT2D eigenvalue weighted by atomic mass is 127. The summed E-state index contributed by atoms with van der Waals surface area (Å²) in [6.45, 7) is 5.40. The van der Waals surface area contributed by atoms with Gasteiger partial charge in [-0.2, -0.15) is 0 Å². The Morgan fingerprint density at radius 3 is 2.73 bits per heavy atom. The van der Waals surface area contributed by atoms with Crippen LogP contribution in [0.1, 0.15) is 24.0 Å². The summed E-state index contributed by atoms with van der Waals surface area (Å²) in [4.78, 5) is 8.73. The molecule has 0 radical (unpaired) electrons. The molecule has 2 N–H and O–H groups in total. The molecule has 6 nitrogen and oxygen atoms in total. The molecule has 0 saturated carbocycles. The van der Waals surface area contributed by atoms with Gasteiger partial charge in [-0.25, -0.2) is 4.98 Å². The van der Waals surface area contributed by atoms with Gasteiger partial charge >= 0.3 is 0 Å². The number of anilines is 1. The number of aromatic nitrogens is 1. The van der Waals surface area contributed by atoms with E-state index in [1.165, 1.54) is 5.01 Å². The summed E-state index contributed by atoms with van der Waals surface area (Å²) in [7, 11) is 3.39. The molecule has 0 aliphatic heterocycles. The maximum atomic E-state index is 5.53. The third-order valence-electron chi connectivity index (χ3n) is 3.48. The molecule has 2 rings (SSSR count). The molecule has 26 heavy (non-hydrogen) atoms. The van der Waals surface area contributed by atoms with Crippen molar-refractivity contribution in [2.24, 2.45) is 4.99 Å². The number of rotatable bonds is 8. The standard InChI is InChI=1S/C18H26N4O2S.HI/c1-5-24-15-9-8-14(11-16(15)23-4)22-18(19-3)20-10-6-7-17-21-13(2)12-25-17;/h8-9,11-12H,5-7,10H2,1-4H3,(H2,19,20,22);1H. The molecule has 0 aliphatic carbocycles. The Bertz CT molecular complexity index is 706. The minimum absolute atomic E-state index is 0. The van der Waals surface area contributed by atoms with E-state index in [9.17, 15) is 0 Å². The van der Waals surface area contributed by atoms with Crippen molar-refractivity contribution in [2.75, 3.05) is 32.6 Å². The Hall–Kier alpha value is -1.55. The molecule has 0 saturated heterocycles. The Morgan fingerprint density at radius 1 is 1.31 bits per heavy atom. The second-order valence-corrected chi connectivity index (χ2v) is 6.35. The molecule has 0 unspecified atom stereocenters. The van der Waals surface area contributed by atoms with E-state index in [1.54, 1.807) is 25.5 Å². The average molecular weight is 490 g/mol. The Kier molecular flexibility index (Phi) is 10.3. The number of ether oxygens (including phenoxy) is 2. The van der Waals surface area contributed by atoms with E-state index in [0.717, 1.165) is 42.5 Å². The van der Waals surface area contributed by atoms with Crippen LogP contribution < -0.4 is 20.1 Å². The number of nitrogens with one attached hydrogen (secondary N) is 2. The van der Waals surface area contributed by atoms with Crippen molar-refractivity contribution in [3.63, 3.8) is 0 Å². The van der Waals surface area contributed by atoms with Gasteiger partial charge in [-0.05, 0) is 32.4 Å². The lowest BCUT2D eigenvalue weighted by Gasteiger charge is -2.14. The second-order valence-electron chi connectivity index (χ2n) is 5.41. The first-order valence-corrected chi connectivity index (χ1v) is 9.23. The number of nitrogens with zero attached hydrogens (tertiary/aromatic N) is 2. The summed E-state index contributed by atoms with van der Waals surface area (Å²) in [6, 6.07) is 5.73. The predicted molar refractivity (Wildman–Crippen MR) is 120 cm³/mol. The molecule has 0 fully saturated rings. The number of hydrogen-bond donors (Lipinski definition) is 2. The van der Waals surface area contributed by atoms with Crippen molar-refractivity contribution in [1.82, 2.24) is 10.3 Å². The summed E-state index contributed by atoms with van der Waals surface area (Å²) in [5, 5.41) is 9.85. The molecular formula is C18H27IN4O2S. The average Bonchev–Trinajstić information content (AvgIpc) is 3.04. The van der Waals surface area contributed by atoms with Gasteiger partial charge in [0.2, 0.25) is 0 Å². The number of aryl methyl sites for hydroxylation is 2. The first-order chi connectivity index (χ1) is 12.2. The van der Waals surface area contributed by atoms with Gasteiger partial charge in [0, 0.05) is 42.8 Å². The molecular weight excluding hydrogens is 463 g/mol. The van der Waals surface area contributed by atoms with Crippen LogP contribution in [0.3, 0.4) is 0 Å². The van der Waals surface area contributed by atoms with Gasteiger partial charge in [-0.15, -0.1) is 35.3 Å². The number of halogens is 1. The van der Waals surface area contributed by atoms with Crippen LogP contribution in [0.5, 0.6) is 11.5 Å². The van der Waals surface area contributed by atoms with Gasteiger partial charge < -0.3 is 20.1 Å². The first kappa shape index (κ1) is 22.5. The third-order valence-corrected chi connectivity index (χ3v) is 4.50. The number of methoxy groups -OCH3 is 1. The number of aliphatic imine (C=N–C) groups is 1. The van der Waals surface area contributed by atoms with Crippen molar-refractivity contribution < 1.29 is 9.47 Å². The Morgan fingerprint density at radius 2 is 2.12 bits per heavy atom. The number of thiazole rings is 1. The van der Waals surface area contributed by atoms with Crippen LogP contribution in [0, 0.1) is 6.92 Å². The van der Waals surface area contributed by atoms with Crippen molar-refractivity contribution in [1.29, 1.82) is 0 Å². The van der Waals surface area contributed by atoms with Gasteiger partial charge in [-0.3, -0.25) is 4.99 Å². The van der Waals surface area contributed by atoms with Gasteiger partial charge in [0.05, 0.1) is 18.7 Å². The summed E-state index contributed by atoms with van der Waals surface area (Å²) in [5.74, 6) is 2.15. The summed E-state index contributed by atoms with van der Waals surface area (Å²) >= 11 is 1.72. The van der Waals surface area contributed by atoms with Crippen LogP contribution in [0.25, 0.3) is 0 Å². The van der Waals surface area contributed by atoms with Gasteiger partial charge in [0.1, 0.15) is 0 Å². The zero-order valence-electron chi connectivity index (χ0n) is 15.7. The van der Waals surface area contributed by atoms with E-state index in [-0.39, 0.29) is 24.0 Å². The normalized spacial score (nSPS) is 10.8. The van der Waals surface area contributed by atoms with E-state index in [0.29, 0.717) is 12.4 Å². The second kappa shape index (κ2) is 11.9. The predicted octanol–water partition coefficient (Wildman–Crippen LogP) is 4.10. The largest absolute Gasteiger partial charge is 0.493 e. The van der Waals surface area contributed by atoms with E-state index in [2.05, 4.69) is 26.0 Å². The highest BCUT2D eigenvalue weighted by molar-refractivity contribution is 14.0. The molecule has 0 atom stereocenters. The van der Waals surface area contributed by atoms with E-state index < -0.39 is 0 Å². The maximum absolute atomic E-state index is 5.53. The maximum Gasteiger partial charge on any atom is 0.195 e. The first-order valence-electron chi connectivity index (χ1n) is 8.35. The Balaban J connectivity index is 0.00000338. The van der Waals surface area contributed by atoms with Crippen LogP contribution in [-0.2, 0) is 6.42 Å². The van der Waals surface area contributed by atoms with Crippen LogP contribution >= 0.6 is 35.3 Å². The van der Waals surface area contributed by atoms with Crippen LogP contribution in [0.2, 0.25) is 0 Å². The van der Waals surface area contributed by atoms with Crippen molar-refractivity contribution in [3.05, 3.63) is 34.3 Å². The Labute approximate surface area is 176 Å². The van der Waals surface area contributed by atoms with Crippen LogP contribution in [-0.4, -0.2) is 38.3 Å². The molecule has 0 bridgehead atoms. The monoisotopic (exact) mass is 490 g/mol. The molecule has 1 heterocycles. The minimum atomic E-state index is 0. The van der Waals surface area contributed by atoms with Gasteiger partial charge in [0.15, 0.2) is 17.5 Å². The molecule has 8 heteroatoms. The fraction of sp³-hybridized carbons (Fsp3) is 0.444. The van der Waals surface area contributed by atoms with E-state index >= 15 is 0 Å². The van der Waals surface area contributed by atoms with Gasteiger partial charge in [-0.1, -0.05) is 0 Å². The zero-order chi connectivity index (χ0) is 18.1. The molecule has 1 aromatic heterocycles. The molecule has 0 aliphatic rings. The lowest BCUT2D eigenvalue weighted by Crippen LogP contribution is -2.31. The van der Waals surface area contributed by atoms with Crippen LogP contribution in [0.4, 0.5) is 5.69 Å². The summed E-state index contributed by atoms with van der Waals surface area (Å²) < 4.78 is 10.9. The molecule has 0 amide bonds. The van der Waals surface area contributed by atoms with Crippen molar-refractivity contribution in [3.8, 4) is 11.5 Å². The molecule has 2 aromatic rings. The fourth-order valence-corrected chi connectivity index (χ4v) is 3.12. The van der Waals surface area contributed by atoms with Crippen LogP contribution in [0.15, 0.2) is 28.6 Å². The quantitative estimate of drug-likeness (QED) is 0.253. The van der Waals surface area contributed by atoms with E-state index in [1.807, 2.05) is 32.0 Å². The van der Waals surface area contributed by atoms with E-state index in [4.69, 9.17) is 9.47 Å². The third kappa shape index (κ3) is 6.99. The smallest absolute Gasteiger partial charge is 0.195 e. The van der Waals surface area contributed by atoms with Crippen molar-refractivity contribution in [2.45, 2.75) is 26.7 Å². The zero-order valence-corrected chi connectivity index (χ0v) is 18.8. The lowest BCUT2D eigenvalue weighted by molar-refractivity contribution is 0.311. The number of hydrogen-bond acceptors (Lipinski definition) is 5. The molecule has 1 aromatic carbocycles. The topological polar surface area (TPSA) is 67.8 Å². The number of guanidine groups is 1. The summed E-state index contributed by atoms with van der Waals surface area (Å²) in [5.41, 5.74) is 1.99. The SMILES string of the molecule is CCOc1ccc(NC(=NC)NCCCc2nc(C)cs2)cc1OC.I. The minimum Gasteiger partial charge on any atom is -0.493 e. The van der Waals surface area contributed by atoms with Crippen molar-refractivity contribution >= 4 is 47.0 Å². The highest BCUT2D eigenvalue weighted by Crippen LogP contribution is 2.30. The molecule has 144 valence electrons. The van der Waals surface area contributed by atoms with Gasteiger partial charge in [0.25, 0.3) is 0 Å². The lowest BCUT2D eigenvalue weighted by atomic mass is 10.2. The number of benzene rings is 1. The molecule has 0 spiro atoms.